The van der Waals surface area contributed by atoms with E-state index in [1.54, 1.807) is 6.92 Å². The van der Waals surface area contributed by atoms with Crippen LogP contribution in [0, 0.1) is 18.3 Å². The van der Waals surface area contributed by atoms with Gasteiger partial charge in [-0.3, -0.25) is 4.79 Å². The number of carbonyl (C=O) groups excluding carboxylic acids is 1. The molecule has 0 bridgehead atoms. The van der Waals surface area contributed by atoms with Crippen molar-refractivity contribution in [3.05, 3.63) is 11.7 Å². The topological polar surface area (TPSA) is 68.5 Å². The predicted octanol–water partition coefficient (Wildman–Crippen LogP) is 1.69. The van der Waals surface area contributed by atoms with E-state index in [1.165, 1.54) is 32.1 Å². The molecule has 0 unspecified atom stereocenters. The predicted molar refractivity (Wildman–Crippen MR) is 73.2 cm³/mol. The lowest BCUT2D eigenvalue weighted by Crippen LogP contribution is -2.70. The maximum absolute atomic E-state index is 12.3. The number of aryl methyl sites for hydroxylation is 1. The van der Waals surface area contributed by atoms with Crippen LogP contribution in [0.4, 0.5) is 0 Å². The molecule has 1 atom stereocenters. The Labute approximate surface area is 123 Å². The molecular formula is C15H21N3O3. The van der Waals surface area contributed by atoms with Gasteiger partial charge in [0.15, 0.2) is 5.82 Å². The molecule has 1 amide bonds. The number of aromatic nitrogens is 2. The maximum atomic E-state index is 12.3. The molecule has 0 radical (unpaired) electrons. The molecule has 6 heteroatoms. The average Bonchev–Trinajstić information content (AvgIpc) is 3.09. The van der Waals surface area contributed by atoms with Crippen LogP contribution in [-0.4, -0.2) is 40.1 Å². The first kappa shape index (κ1) is 13.2. The summed E-state index contributed by atoms with van der Waals surface area (Å²) in [6, 6.07) is 0.494. The monoisotopic (exact) mass is 291 g/mol. The van der Waals surface area contributed by atoms with Crippen LogP contribution >= 0.6 is 0 Å². The van der Waals surface area contributed by atoms with Gasteiger partial charge in [0.25, 0.3) is 5.89 Å². The number of hydrogen-bond donors (Lipinski definition) is 0. The van der Waals surface area contributed by atoms with Crippen LogP contribution in [0.25, 0.3) is 0 Å². The van der Waals surface area contributed by atoms with Crippen LogP contribution < -0.4 is 0 Å². The van der Waals surface area contributed by atoms with Crippen LogP contribution in [0.15, 0.2) is 4.52 Å². The molecule has 0 N–H and O–H groups in total. The van der Waals surface area contributed by atoms with Gasteiger partial charge in [-0.1, -0.05) is 11.6 Å². The molecule has 1 aromatic rings. The summed E-state index contributed by atoms with van der Waals surface area (Å²) >= 11 is 0. The molecule has 4 rings (SSSR count). The zero-order chi connectivity index (χ0) is 14.4. The molecule has 1 aromatic heterocycles. The molecule has 1 aliphatic heterocycles. The first-order chi connectivity index (χ1) is 10.2. The fourth-order valence-corrected chi connectivity index (χ4v) is 3.95. The molecule has 6 nitrogen and oxygen atoms in total. The van der Waals surface area contributed by atoms with Crippen molar-refractivity contribution in [2.75, 3.05) is 13.2 Å². The SMILES string of the molecule is Cc1noc(COCC(=O)N2CC3(CCC3)[C@@H]2C2CC2)n1. The van der Waals surface area contributed by atoms with Crippen molar-refractivity contribution in [3.8, 4) is 0 Å². The Morgan fingerprint density at radius 3 is 2.86 bits per heavy atom. The minimum Gasteiger partial charge on any atom is -0.362 e. The van der Waals surface area contributed by atoms with Gasteiger partial charge in [0.2, 0.25) is 5.91 Å². The van der Waals surface area contributed by atoms with E-state index in [2.05, 4.69) is 15.0 Å². The number of ether oxygens (including phenoxy) is 1. The molecule has 21 heavy (non-hydrogen) atoms. The van der Waals surface area contributed by atoms with E-state index in [-0.39, 0.29) is 19.1 Å². The van der Waals surface area contributed by atoms with Gasteiger partial charge >= 0.3 is 0 Å². The number of carbonyl (C=O) groups is 1. The zero-order valence-electron chi connectivity index (χ0n) is 12.4. The van der Waals surface area contributed by atoms with Crippen molar-refractivity contribution >= 4 is 5.91 Å². The second kappa shape index (κ2) is 4.80. The van der Waals surface area contributed by atoms with Crippen molar-refractivity contribution in [2.24, 2.45) is 11.3 Å². The van der Waals surface area contributed by atoms with Gasteiger partial charge in [-0.25, -0.2) is 0 Å². The number of amides is 1. The summed E-state index contributed by atoms with van der Waals surface area (Å²) in [4.78, 5) is 18.4. The molecule has 1 saturated heterocycles. The van der Waals surface area contributed by atoms with Crippen LogP contribution in [0.3, 0.4) is 0 Å². The van der Waals surface area contributed by atoms with Gasteiger partial charge in [-0.05, 0) is 38.5 Å². The second-order valence-electron chi connectivity index (χ2n) is 6.75. The Morgan fingerprint density at radius 2 is 2.29 bits per heavy atom. The highest BCUT2D eigenvalue weighted by Gasteiger charge is 2.61. The number of likely N-dealkylation sites (tertiary alicyclic amines) is 1. The molecule has 2 saturated carbocycles. The lowest BCUT2D eigenvalue weighted by atomic mass is 9.56. The Bertz CT molecular complexity index is 548. The van der Waals surface area contributed by atoms with E-state index in [0.717, 1.165) is 12.5 Å². The van der Waals surface area contributed by atoms with Crippen molar-refractivity contribution in [2.45, 2.75) is 51.7 Å². The summed E-state index contributed by atoms with van der Waals surface area (Å²) in [6.45, 7) is 3.02. The van der Waals surface area contributed by atoms with E-state index >= 15 is 0 Å². The van der Waals surface area contributed by atoms with Gasteiger partial charge in [0.05, 0.1) is 0 Å². The van der Waals surface area contributed by atoms with E-state index in [4.69, 9.17) is 9.26 Å². The smallest absolute Gasteiger partial charge is 0.252 e. The first-order valence-corrected chi connectivity index (χ1v) is 7.84. The van der Waals surface area contributed by atoms with Gasteiger partial charge in [0, 0.05) is 18.0 Å². The summed E-state index contributed by atoms with van der Waals surface area (Å²) in [7, 11) is 0. The fraction of sp³-hybridized carbons (Fsp3) is 0.800. The fourth-order valence-electron chi connectivity index (χ4n) is 3.95. The molecule has 3 fully saturated rings. The molecule has 3 aliphatic rings. The number of hydrogen-bond acceptors (Lipinski definition) is 5. The lowest BCUT2D eigenvalue weighted by Gasteiger charge is -2.63. The third-order valence-electron chi connectivity index (χ3n) is 5.21. The Balaban J connectivity index is 1.29. The molecule has 0 aromatic carbocycles. The van der Waals surface area contributed by atoms with Gasteiger partial charge < -0.3 is 14.2 Å². The largest absolute Gasteiger partial charge is 0.362 e. The third kappa shape index (κ3) is 2.25. The van der Waals surface area contributed by atoms with Crippen LogP contribution in [0.5, 0.6) is 0 Å². The van der Waals surface area contributed by atoms with E-state index in [0.29, 0.717) is 23.2 Å². The number of rotatable bonds is 5. The lowest BCUT2D eigenvalue weighted by molar-refractivity contribution is -0.175. The van der Waals surface area contributed by atoms with Crippen LogP contribution in [-0.2, 0) is 16.1 Å². The minimum atomic E-state index is 0.112. The maximum Gasteiger partial charge on any atom is 0.252 e. The van der Waals surface area contributed by atoms with Crippen LogP contribution in [0.1, 0.15) is 43.8 Å². The van der Waals surface area contributed by atoms with Gasteiger partial charge in [0.1, 0.15) is 13.2 Å². The van der Waals surface area contributed by atoms with Crippen molar-refractivity contribution < 1.29 is 14.1 Å². The van der Waals surface area contributed by atoms with Gasteiger partial charge in [-0.2, -0.15) is 4.98 Å². The normalized spacial score (nSPS) is 26.5. The number of nitrogens with zero attached hydrogens (tertiary/aromatic N) is 3. The van der Waals surface area contributed by atoms with Crippen molar-refractivity contribution in [1.82, 2.24) is 15.0 Å². The van der Waals surface area contributed by atoms with Gasteiger partial charge in [-0.15, -0.1) is 0 Å². The highest BCUT2D eigenvalue weighted by molar-refractivity contribution is 5.79. The molecule has 2 aliphatic carbocycles. The quantitative estimate of drug-likeness (QED) is 0.825. The Hall–Kier alpha value is -1.43. The molecular weight excluding hydrogens is 270 g/mol. The minimum absolute atomic E-state index is 0.112. The standard InChI is InChI=1S/C15H21N3O3/c1-10-16-12(21-17-10)7-20-8-13(19)18-9-15(5-2-6-15)14(18)11-3-4-11/h11,14H,2-9H2,1H3/t14-/m0/s1. The van der Waals surface area contributed by atoms with E-state index in [9.17, 15) is 4.79 Å². The van der Waals surface area contributed by atoms with E-state index < -0.39 is 0 Å². The highest BCUT2D eigenvalue weighted by atomic mass is 16.5. The summed E-state index contributed by atoms with van der Waals surface area (Å²) in [6.07, 6.45) is 6.52. The molecule has 1 spiro atoms. The van der Waals surface area contributed by atoms with Crippen molar-refractivity contribution in [3.63, 3.8) is 0 Å². The first-order valence-electron chi connectivity index (χ1n) is 7.84. The highest BCUT2D eigenvalue weighted by Crippen LogP contribution is 2.59. The van der Waals surface area contributed by atoms with Crippen molar-refractivity contribution in [1.29, 1.82) is 0 Å². The van der Waals surface area contributed by atoms with E-state index in [1.807, 2.05) is 0 Å². The summed E-state index contributed by atoms with van der Waals surface area (Å²) < 4.78 is 10.4. The summed E-state index contributed by atoms with van der Waals surface area (Å²) in [5.41, 5.74) is 0.473. The molecule has 2 heterocycles. The summed E-state index contributed by atoms with van der Waals surface area (Å²) in [5, 5.41) is 3.70. The third-order valence-corrected chi connectivity index (χ3v) is 5.21. The zero-order valence-corrected chi connectivity index (χ0v) is 12.4. The summed E-state index contributed by atoms with van der Waals surface area (Å²) in [5.74, 6) is 1.88. The Kier molecular flexibility index (Phi) is 3.03. The van der Waals surface area contributed by atoms with Crippen LogP contribution in [0.2, 0.25) is 0 Å². The Morgan fingerprint density at radius 1 is 1.48 bits per heavy atom. The molecule has 114 valence electrons. The average molecular weight is 291 g/mol. The second-order valence-corrected chi connectivity index (χ2v) is 6.75.